The summed E-state index contributed by atoms with van der Waals surface area (Å²) < 4.78 is 1.73. The number of amides is 1. The number of aryl methyl sites for hydroxylation is 2. The summed E-state index contributed by atoms with van der Waals surface area (Å²) in [5.74, 6) is 0.0115. The molecule has 2 heterocycles. The van der Waals surface area contributed by atoms with Crippen molar-refractivity contribution in [1.82, 2.24) is 20.0 Å². The second kappa shape index (κ2) is 5.51. The number of halogens is 1. The van der Waals surface area contributed by atoms with E-state index in [4.69, 9.17) is 0 Å². The third kappa shape index (κ3) is 2.79. The first-order valence-electron chi connectivity index (χ1n) is 5.58. The molecule has 1 atom stereocenters. The first-order valence-corrected chi connectivity index (χ1v) is 5.58. The second-order valence-electron chi connectivity index (χ2n) is 4.36. The van der Waals surface area contributed by atoms with E-state index in [0.29, 0.717) is 11.7 Å². The summed E-state index contributed by atoms with van der Waals surface area (Å²) in [5, 5.41) is 7.46. The minimum Gasteiger partial charge on any atom is -0.336 e. The second-order valence-corrected chi connectivity index (χ2v) is 4.36. The van der Waals surface area contributed by atoms with Crippen LogP contribution >= 0.6 is 12.4 Å². The minimum atomic E-state index is 0. The van der Waals surface area contributed by atoms with Crippen molar-refractivity contribution in [1.29, 1.82) is 0 Å². The predicted octanol–water partition coefficient (Wildman–Crippen LogP) is 0.584. The third-order valence-corrected chi connectivity index (χ3v) is 3.24. The van der Waals surface area contributed by atoms with Gasteiger partial charge in [0, 0.05) is 32.4 Å². The van der Waals surface area contributed by atoms with Crippen LogP contribution in [0.3, 0.4) is 0 Å². The van der Waals surface area contributed by atoms with Crippen LogP contribution in [0.4, 0.5) is 0 Å². The highest BCUT2D eigenvalue weighted by molar-refractivity contribution is 5.92. The Morgan fingerprint density at radius 3 is 2.82 bits per heavy atom. The molecule has 0 aromatic carbocycles. The molecule has 1 unspecified atom stereocenters. The van der Waals surface area contributed by atoms with Crippen LogP contribution in [0.5, 0.6) is 0 Å². The van der Waals surface area contributed by atoms with Crippen molar-refractivity contribution >= 4 is 18.3 Å². The van der Waals surface area contributed by atoms with Gasteiger partial charge in [0.05, 0.1) is 0 Å². The number of aromatic nitrogens is 2. The van der Waals surface area contributed by atoms with E-state index in [2.05, 4.69) is 10.4 Å². The van der Waals surface area contributed by atoms with Crippen molar-refractivity contribution in [3.05, 3.63) is 17.5 Å². The molecule has 2 rings (SSSR count). The van der Waals surface area contributed by atoms with E-state index in [1.807, 2.05) is 27.1 Å². The number of nitrogens with zero attached hydrogens (tertiary/aromatic N) is 3. The molecule has 5 nitrogen and oxygen atoms in total. The largest absolute Gasteiger partial charge is 0.336 e. The summed E-state index contributed by atoms with van der Waals surface area (Å²) in [6, 6.07) is 2.14. The van der Waals surface area contributed by atoms with E-state index in [1.54, 1.807) is 9.58 Å². The highest BCUT2D eigenvalue weighted by Gasteiger charge is 2.25. The van der Waals surface area contributed by atoms with Gasteiger partial charge in [0.15, 0.2) is 5.69 Å². The average molecular weight is 259 g/mol. The van der Waals surface area contributed by atoms with Gasteiger partial charge in [-0.15, -0.1) is 12.4 Å². The summed E-state index contributed by atoms with van der Waals surface area (Å²) in [5.41, 5.74) is 1.54. The lowest BCUT2D eigenvalue weighted by molar-refractivity contribution is 0.0737. The van der Waals surface area contributed by atoms with E-state index in [1.165, 1.54) is 0 Å². The van der Waals surface area contributed by atoms with Gasteiger partial charge in [-0.05, 0) is 26.0 Å². The van der Waals surface area contributed by atoms with E-state index in [0.717, 1.165) is 25.2 Å². The number of carbonyl (C=O) groups is 1. The van der Waals surface area contributed by atoms with Crippen LogP contribution < -0.4 is 5.32 Å². The molecule has 1 aliphatic rings. The summed E-state index contributed by atoms with van der Waals surface area (Å²) in [6.07, 6.45) is 1.02. The molecule has 1 fully saturated rings. The van der Waals surface area contributed by atoms with Crippen molar-refractivity contribution in [2.75, 3.05) is 20.1 Å². The molecule has 1 aromatic rings. The predicted molar refractivity (Wildman–Crippen MR) is 68.6 cm³/mol. The van der Waals surface area contributed by atoms with E-state index >= 15 is 0 Å². The molecule has 0 radical (unpaired) electrons. The molecular formula is C11H19ClN4O. The summed E-state index contributed by atoms with van der Waals surface area (Å²) >= 11 is 0. The first-order chi connectivity index (χ1) is 7.59. The van der Waals surface area contributed by atoms with Gasteiger partial charge in [-0.3, -0.25) is 9.48 Å². The molecule has 1 aromatic heterocycles. The van der Waals surface area contributed by atoms with Crippen LogP contribution in [0.15, 0.2) is 6.07 Å². The molecular weight excluding hydrogens is 240 g/mol. The quantitative estimate of drug-likeness (QED) is 0.845. The van der Waals surface area contributed by atoms with Crippen molar-refractivity contribution < 1.29 is 4.79 Å². The molecule has 1 N–H and O–H groups in total. The van der Waals surface area contributed by atoms with Crippen LogP contribution in [0.1, 0.15) is 22.6 Å². The van der Waals surface area contributed by atoms with Gasteiger partial charge < -0.3 is 10.2 Å². The lowest BCUT2D eigenvalue weighted by Crippen LogP contribution is -2.38. The molecule has 96 valence electrons. The lowest BCUT2D eigenvalue weighted by atomic mass is 10.2. The van der Waals surface area contributed by atoms with Crippen LogP contribution in [-0.2, 0) is 7.05 Å². The Morgan fingerprint density at radius 2 is 2.35 bits per heavy atom. The average Bonchev–Trinajstić information content (AvgIpc) is 2.87. The normalized spacial score (nSPS) is 18.9. The zero-order chi connectivity index (χ0) is 11.7. The SMILES string of the molecule is Cc1cc(C(=O)N(C)C2CCNC2)nn1C.Cl. The fourth-order valence-electron chi connectivity index (χ4n) is 1.98. The summed E-state index contributed by atoms with van der Waals surface area (Å²) in [4.78, 5) is 13.9. The van der Waals surface area contributed by atoms with Gasteiger partial charge in [0.2, 0.25) is 0 Å². The molecule has 0 bridgehead atoms. The Labute approximate surface area is 108 Å². The molecule has 0 aliphatic carbocycles. The highest BCUT2D eigenvalue weighted by atomic mass is 35.5. The zero-order valence-electron chi connectivity index (χ0n) is 10.4. The summed E-state index contributed by atoms with van der Waals surface area (Å²) in [7, 11) is 3.70. The fourth-order valence-corrected chi connectivity index (χ4v) is 1.98. The van der Waals surface area contributed by atoms with Gasteiger partial charge in [0.25, 0.3) is 5.91 Å². The molecule has 1 aliphatic heterocycles. The van der Waals surface area contributed by atoms with E-state index < -0.39 is 0 Å². The molecule has 0 saturated carbocycles. The van der Waals surface area contributed by atoms with Crippen molar-refractivity contribution in [3.63, 3.8) is 0 Å². The molecule has 17 heavy (non-hydrogen) atoms. The number of hydrogen-bond acceptors (Lipinski definition) is 3. The van der Waals surface area contributed by atoms with Crippen molar-refractivity contribution in [2.24, 2.45) is 7.05 Å². The van der Waals surface area contributed by atoms with E-state index in [9.17, 15) is 4.79 Å². The van der Waals surface area contributed by atoms with Crippen LogP contribution in [-0.4, -0.2) is 46.8 Å². The fraction of sp³-hybridized carbons (Fsp3) is 0.636. The highest BCUT2D eigenvalue weighted by Crippen LogP contribution is 2.11. The minimum absolute atomic E-state index is 0. The topological polar surface area (TPSA) is 50.2 Å². The molecule has 6 heteroatoms. The Kier molecular flexibility index (Phi) is 4.54. The standard InChI is InChI=1S/C11H18N4O.ClH/c1-8-6-10(13-15(8)3)11(16)14(2)9-4-5-12-7-9;/h6,9,12H,4-5,7H2,1-3H3;1H. The van der Waals surface area contributed by atoms with Crippen LogP contribution in [0.2, 0.25) is 0 Å². The number of hydrogen-bond donors (Lipinski definition) is 1. The monoisotopic (exact) mass is 258 g/mol. The van der Waals surface area contributed by atoms with Gasteiger partial charge >= 0.3 is 0 Å². The van der Waals surface area contributed by atoms with E-state index in [-0.39, 0.29) is 18.3 Å². The molecule has 1 amide bonds. The Bertz CT molecular complexity index is 379. The van der Waals surface area contributed by atoms with Gasteiger partial charge in [-0.2, -0.15) is 5.10 Å². The number of rotatable bonds is 2. The number of carbonyl (C=O) groups excluding carboxylic acids is 1. The van der Waals surface area contributed by atoms with Crippen LogP contribution in [0, 0.1) is 6.92 Å². The Balaban J connectivity index is 0.00000144. The summed E-state index contributed by atoms with van der Waals surface area (Å²) in [6.45, 7) is 3.82. The molecule has 0 spiro atoms. The van der Waals surface area contributed by atoms with Gasteiger partial charge in [0.1, 0.15) is 0 Å². The van der Waals surface area contributed by atoms with Gasteiger partial charge in [-0.1, -0.05) is 0 Å². The van der Waals surface area contributed by atoms with Crippen molar-refractivity contribution in [3.8, 4) is 0 Å². The molecule has 1 saturated heterocycles. The number of nitrogens with one attached hydrogen (secondary N) is 1. The first kappa shape index (κ1) is 14.0. The smallest absolute Gasteiger partial charge is 0.274 e. The maximum absolute atomic E-state index is 12.1. The van der Waals surface area contributed by atoms with Crippen molar-refractivity contribution in [2.45, 2.75) is 19.4 Å². The zero-order valence-corrected chi connectivity index (χ0v) is 11.3. The van der Waals surface area contributed by atoms with Gasteiger partial charge in [-0.25, -0.2) is 0 Å². The maximum atomic E-state index is 12.1. The Hall–Kier alpha value is -1.07. The number of likely N-dealkylation sites (N-methyl/N-ethyl adjacent to an activating group) is 1. The third-order valence-electron chi connectivity index (χ3n) is 3.24. The Morgan fingerprint density at radius 1 is 1.65 bits per heavy atom. The van der Waals surface area contributed by atoms with Crippen LogP contribution in [0.25, 0.3) is 0 Å². The maximum Gasteiger partial charge on any atom is 0.274 e. The lowest BCUT2D eigenvalue weighted by Gasteiger charge is -2.22.